The van der Waals surface area contributed by atoms with Gasteiger partial charge in [-0.05, 0) is 48.9 Å². The van der Waals surface area contributed by atoms with E-state index < -0.39 is 11.9 Å². The quantitative estimate of drug-likeness (QED) is 0.251. The third-order valence-electron chi connectivity index (χ3n) is 5.98. The van der Waals surface area contributed by atoms with Crippen molar-refractivity contribution in [1.29, 1.82) is 0 Å². The molecule has 0 radical (unpaired) electrons. The fourth-order valence-corrected chi connectivity index (χ4v) is 4.42. The fraction of sp³-hybridized carbons (Fsp3) is 0.107. The van der Waals surface area contributed by atoms with Crippen LogP contribution in [0, 0.1) is 6.92 Å². The number of rotatable bonds is 6. The number of carbonyl (C=O) groups is 3. The summed E-state index contributed by atoms with van der Waals surface area (Å²) in [6, 6.07) is 22.3. The molecule has 1 aliphatic heterocycles. The normalized spacial score (nSPS) is 14.5. The van der Waals surface area contributed by atoms with Crippen molar-refractivity contribution in [3.8, 4) is 0 Å². The zero-order valence-corrected chi connectivity index (χ0v) is 21.1. The van der Waals surface area contributed by atoms with E-state index in [0.717, 1.165) is 37.8 Å². The summed E-state index contributed by atoms with van der Waals surface area (Å²) in [5.41, 5.74) is 4.48. The van der Waals surface area contributed by atoms with Crippen molar-refractivity contribution >= 4 is 56.4 Å². The average molecular weight is 543 g/mol. The van der Waals surface area contributed by atoms with Crippen molar-refractivity contribution in [3.05, 3.63) is 106 Å². The third-order valence-corrected chi connectivity index (χ3v) is 6.51. The average Bonchev–Trinajstić information content (AvgIpc) is 3.33. The summed E-state index contributed by atoms with van der Waals surface area (Å²) in [5.74, 6) is -0.554. The minimum Gasteiger partial charge on any atom is -0.337 e. The van der Waals surface area contributed by atoms with Crippen LogP contribution < -0.4 is 10.6 Å². The Labute approximate surface area is 216 Å². The number of anilines is 1. The van der Waals surface area contributed by atoms with E-state index in [1.54, 1.807) is 6.08 Å². The second kappa shape index (κ2) is 9.83. The molecule has 0 aliphatic carbocycles. The van der Waals surface area contributed by atoms with Gasteiger partial charge >= 0.3 is 6.03 Å². The maximum atomic E-state index is 13.0. The van der Waals surface area contributed by atoms with Gasteiger partial charge in [0.1, 0.15) is 12.2 Å². The number of imide groups is 1. The van der Waals surface area contributed by atoms with Gasteiger partial charge in [-0.25, -0.2) is 4.79 Å². The molecule has 1 aliphatic rings. The van der Waals surface area contributed by atoms with Crippen LogP contribution in [0.3, 0.4) is 0 Å². The highest BCUT2D eigenvalue weighted by atomic mass is 79.9. The standard InChI is InChI=1S/C28H23BrN4O3/c1-18-6-12-22(13-7-18)30-26(34)17-32-16-20(23-4-2-3-5-25(23)32)14-24-27(35)33(28(36)31-24)15-19-8-10-21(29)11-9-19/h2-14,16H,15,17H2,1H3,(H,30,34)(H,31,36)/b24-14+. The summed E-state index contributed by atoms with van der Waals surface area (Å²) < 4.78 is 2.76. The molecule has 0 atom stereocenters. The predicted octanol–water partition coefficient (Wildman–Crippen LogP) is 5.44. The Morgan fingerprint density at radius 1 is 1.00 bits per heavy atom. The lowest BCUT2D eigenvalue weighted by molar-refractivity contribution is -0.123. The maximum absolute atomic E-state index is 13.0. The second-order valence-electron chi connectivity index (χ2n) is 8.65. The summed E-state index contributed by atoms with van der Waals surface area (Å²) in [7, 11) is 0. The van der Waals surface area contributed by atoms with Crippen LogP contribution in [0.2, 0.25) is 0 Å². The number of nitrogens with zero attached hydrogens (tertiary/aromatic N) is 2. The molecule has 0 spiro atoms. The van der Waals surface area contributed by atoms with Gasteiger partial charge in [0, 0.05) is 32.8 Å². The second-order valence-corrected chi connectivity index (χ2v) is 9.57. The molecule has 1 saturated heterocycles. The van der Waals surface area contributed by atoms with E-state index >= 15 is 0 Å². The molecule has 0 saturated carbocycles. The number of aromatic nitrogens is 1. The molecule has 5 rings (SSSR count). The van der Waals surface area contributed by atoms with Crippen molar-refractivity contribution < 1.29 is 14.4 Å². The Balaban J connectivity index is 1.38. The van der Waals surface area contributed by atoms with Gasteiger partial charge in [-0.2, -0.15) is 0 Å². The van der Waals surface area contributed by atoms with Crippen LogP contribution >= 0.6 is 15.9 Å². The Bertz CT molecular complexity index is 1500. The van der Waals surface area contributed by atoms with Gasteiger partial charge in [-0.15, -0.1) is 0 Å². The lowest BCUT2D eigenvalue weighted by Crippen LogP contribution is -2.30. The monoisotopic (exact) mass is 542 g/mol. The first-order valence-corrected chi connectivity index (χ1v) is 12.2. The van der Waals surface area contributed by atoms with Gasteiger partial charge in [0.05, 0.1) is 6.54 Å². The summed E-state index contributed by atoms with van der Waals surface area (Å²) in [6.45, 7) is 2.27. The molecular weight excluding hydrogens is 520 g/mol. The molecule has 2 N–H and O–H groups in total. The number of urea groups is 1. The molecule has 180 valence electrons. The van der Waals surface area contributed by atoms with Gasteiger partial charge < -0.3 is 15.2 Å². The van der Waals surface area contributed by atoms with Crippen LogP contribution in [0.25, 0.3) is 17.0 Å². The molecule has 3 aromatic carbocycles. The van der Waals surface area contributed by atoms with Crippen LogP contribution in [0.4, 0.5) is 10.5 Å². The van der Waals surface area contributed by atoms with Gasteiger partial charge in [-0.3, -0.25) is 14.5 Å². The molecule has 2 heterocycles. The largest absolute Gasteiger partial charge is 0.337 e. The molecule has 8 heteroatoms. The van der Waals surface area contributed by atoms with Crippen LogP contribution in [0.1, 0.15) is 16.7 Å². The third kappa shape index (κ3) is 4.94. The number of fused-ring (bicyclic) bond motifs is 1. The van der Waals surface area contributed by atoms with Crippen LogP contribution in [-0.4, -0.2) is 27.3 Å². The van der Waals surface area contributed by atoms with Crippen molar-refractivity contribution in [2.24, 2.45) is 0 Å². The van der Waals surface area contributed by atoms with Gasteiger partial charge in [0.25, 0.3) is 5.91 Å². The first-order chi connectivity index (χ1) is 17.4. The lowest BCUT2D eigenvalue weighted by Gasteiger charge is -2.11. The first-order valence-electron chi connectivity index (χ1n) is 11.4. The summed E-state index contributed by atoms with van der Waals surface area (Å²) in [6.07, 6.45) is 3.49. The Kier molecular flexibility index (Phi) is 6.43. The zero-order valence-electron chi connectivity index (χ0n) is 19.5. The van der Waals surface area contributed by atoms with Crippen molar-refractivity contribution in [2.45, 2.75) is 20.0 Å². The molecule has 0 unspecified atom stereocenters. The van der Waals surface area contributed by atoms with Crippen LogP contribution in [0.5, 0.6) is 0 Å². The van der Waals surface area contributed by atoms with Crippen molar-refractivity contribution in [3.63, 3.8) is 0 Å². The van der Waals surface area contributed by atoms with Crippen molar-refractivity contribution in [1.82, 2.24) is 14.8 Å². The number of para-hydroxylation sites is 1. The number of carbonyl (C=O) groups excluding carboxylic acids is 3. The van der Waals surface area contributed by atoms with Gasteiger partial charge in [0.2, 0.25) is 5.91 Å². The molecule has 1 fully saturated rings. The number of hydrogen-bond donors (Lipinski definition) is 2. The topological polar surface area (TPSA) is 83.4 Å². The molecule has 4 aromatic rings. The van der Waals surface area contributed by atoms with Gasteiger partial charge in [0.15, 0.2) is 0 Å². The Morgan fingerprint density at radius 2 is 1.72 bits per heavy atom. The summed E-state index contributed by atoms with van der Waals surface area (Å²) >= 11 is 3.39. The molecule has 36 heavy (non-hydrogen) atoms. The Hall–Kier alpha value is -4.17. The zero-order chi connectivity index (χ0) is 25.2. The van der Waals surface area contributed by atoms with E-state index in [1.807, 2.05) is 90.5 Å². The van der Waals surface area contributed by atoms with Crippen LogP contribution in [0.15, 0.2) is 89.2 Å². The molecule has 4 amide bonds. The van der Waals surface area contributed by atoms with E-state index in [9.17, 15) is 14.4 Å². The molecule has 1 aromatic heterocycles. The molecule has 0 bridgehead atoms. The van der Waals surface area contributed by atoms with E-state index in [-0.39, 0.29) is 24.7 Å². The highest BCUT2D eigenvalue weighted by molar-refractivity contribution is 9.10. The number of nitrogens with one attached hydrogen (secondary N) is 2. The van der Waals surface area contributed by atoms with E-state index in [4.69, 9.17) is 0 Å². The van der Waals surface area contributed by atoms with Crippen molar-refractivity contribution in [2.75, 3.05) is 5.32 Å². The minimum absolute atomic E-state index is 0.105. The fourth-order valence-electron chi connectivity index (χ4n) is 4.16. The number of amides is 4. The molecular formula is C28H23BrN4O3. The predicted molar refractivity (Wildman–Crippen MR) is 143 cm³/mol. The maximum Gasteiger partial charge on any atom is 0.329 e. The highest BCUT2D eigenvalue weighted by Crippen LogP contribution is 2.25. The number of aryl methyl sites for hydroxylation is 1. The van der Waals surface area contributed by atoms with E-state index in [1.165, 1.54) is 4.90 Å². The van der Waals surface area contributed by atoms with E-state index in [2.05, 4.69) is 26.6 Å². The summed E-state index contributed by atoms with van der Waals surface area (Å²) in [5, 5.41) is 6.48. The SMILES string of the molecule is Cc1ccc(NC(=O)Cn2cc(/C=C3/NC(=O)N(Cc4ccc(Br)cc4)C3=O)c3ccccc32)cc1. The molecule has 7 nitrogen and oxygen atoms in total. The summed E-state index contributed by atoms with van der Waals surface area (Å²) in [4.78, 5) is 39.5. The highest BCUT2D eigenvalue weighted by Gasteiger charge is 2.33. The minimum atomic E-state index is -0.463. The number of benzene rings is 3. The van der Waals surface area contributed by atoms with E-state index in [0.29, 0.717) is 0 Å². The Morgan fingerprint density at radius 3 is 2.47 bits per heavy atom. The van der Waals surface area contributed by atoms with Gasteiger partial charge in [-0.1, -0.05) is 64.0 Å². The van der Waals surface area contributed by atoms with Crippen LogP contribution in [-0.2, 0) is 22.7 Å². The number of hydrogen-bond acceptors (Lipinski definition) is 3. The lowest BCUT2D eigenvalue weighted by atomic mass is 10.1. The first kappa shape index (κ1) is 23.6. The number of halogens is 1. The smallest absolute Gasteiger partial charge is 0.329 e.